The van der Waals surface area contributed by atoms with Gasteiger partial charge in [-0.25, -0.2) is 0 Å². The van der Waals surface area contributed by atoms with E-state index in [2.05, 4.69) is 32.9 Å². The number of nitrogens with zero attached hydrogens (tertiary/aromatic N) is 3. The molecule has 4 aliphatic rings. The highest BCUT2D eigenvalue weighted by Crippen LogP contribution is 2.33. The summed E-state index contributed by atoms with van der Waals surface area (Å²) in [5.41, 5.74) is 2.33. The molecule has 29 heavy (non-hydrogen) atoms. The van der Waals surface area contributed by atoms with E-state index in [-0.39, 0.29) is 0 Å². The summed E-state index contributed by atoms with van der Waals surface area (Å²) in [5, 5.41) is 0. The first-order valence-corrected chi connectivity index (χ1v) is 11.1. The number of allylic oxidation sites excluding steroid dienone is 1. The van der Waals surface area contributed by atoms with Crippen molar-refractivity contribution >= 4 is 5.91 Å². The van der Waals surface area contributed by atoms with Crippen LogP contribution in [0.4, 0.5) is 0 Å². The van der Waals surface area contributed by atoms with Gasteiger partial charge >= 0.3 is 0 Å². The summed E-state index contributed by atoms with van der Waals surface area (Å²) in [6, 6.07) is 6.78. The quantitative estimate of drug-likeness (QED) is 0.782. The van der Waals surface area contributed by atoms with E-state index in [4.69, 9.17) is 9.47 Å². The molecule has 0 bridgehead atoms. The Bertz CT molecular complexity index is 786. The summed E-state index contributed by atoms with van der Waals surface area (Å²) in [5.74, 6) is 2.02. The first kappa shape index (κ1) is 18.9. The molecule has 0 unspecified atom stereocenters. The third-order valence-electron chi connectivity index (χ3n) is 6.77. The van der Waals surface area contributed by atoms with Gasteiger partial charge in [0, 0.05) is 57.4 Å². The Morgan fingerprint density at radius 1 is 1.03 bits per heavy atom. The molecule has 6 nitrogen and oxygen atoms in total. The van der Waals surface area contributed by atoms with Gasteiger partial charge in [0.25, 0.3) is 0 Å². The number of fused-ring (bicyclic) bond motifs is 1. The number of ether oxygens (including phenoxy) is 2. The van der Waals surface area contributed by atoms with Crippen LogP contribution >= 0.6 is 0 Å². The number of benzene rings is 1. The molecule has 1 amide bonds. The number of hydrogen-bond acceptors (Lipinski definition) is 5. The number of carbonyl (C=O) groups is 1. The van der Waals surface area contributed by atoms with Crippen molar-refractivity contribution in [3.05, 3.63) is 35.4 Å². The fourth-order valence-corrected chi connectivity index (χ4v) is 5.09. The Balaban J connectivity index is 1.13. The molecule has 0 aromatic heterocycles. The van der Waals surface area contributed by atoms with Crippen LogP contribution in [0.2, 0.25) is 0 Å². The first-order valence-electron chi connectivity index (χ1n) is 11.1. The third-order valence-corrected chi connectivity index (χ3v) is 6.77. The second-order valence-electron chi connectivity index (χ2n) is 8.67. The number of carbonyl (C=O) groups excluding carboxylic acids is 1. The molecular formula is C23H31N3O3. The maximum absolute atomic E-state index is 12.8. The number of piperazine rings is 1. The van der Waals surface area contributed by atoms with Crippen molar-refractivity contribution in [1.29, 1.82) is 0 Å². The number of hydrogen-bond donors (Lipinski definition) is 0. The predicted octanol–water partition coefficient (Wildman–Crippen LogP) is 2.63. The van der Waals surface area contributed by atoms with E-state index in [9.17, 15) is 4.79 Å². The smallest absolute Gasteiger partial charge is 0.249 e. The molecule has 1 aromatic rings. The fourth-order valence-electron chi connectivity index (χ4n) is 5.09. The van der Waals surface area contributed by atoms with Gasteiger partial charge in [-0.1, -0.05) is 12.1 Å². The van der Waals surface area contributed by atoms with Crippen molar-refractivity contribution in [3.8, 4) is 11.5 Å². The third kappa shape index (κ3) is 4.14. The Labute approximate surface area is 173 Å². The number of amides is 1. The molecule has 0 radical (unpaired) electrons. The normalized spacial score (nSPS) is 25.3. The minimum Gasteiger partial charge on any atom is -0.454 e. The van der Waals surface area contributed by atoms with E-state index in [0.717, 1.165) is 88.6 Å². The minimum atomic E-state index is 0.300. The Morgan fingerprint density at radius 3 is 2.72 bits per heavy atom. The molecule has 1 aromatic carbocycles. The van der Waals surface area contributed by atoms with Crippen LogP contribution in [-0.4, -0.2) is 72.7 Å². The van der Waals surface area contributed by atoms with Crippen LogP contribution < -0.4 is 9.47 Å². The van der Waals surface area contributed by atoms with Gasteiger partial charge in [0.15, 0.2) is 11.5 Å². The zero-order valence-electron chi connectivity index (χ0n) is 17.1. The molecule has 0 N–H and O–H groups in total. The lowest BCUT2D eigenvalue weighted by Crippen LogP contribution is -2.55. The Morgan fingerprint density at radius 2 is 1.90 bits per heavy atom. The van der Waals surface area contributed by atoms with E-state index in [0.29, 0.717) is 18.7 Å². The van der Waals surface area contributed by atoms with E-state index in [1.54, 1.807) is 0 Å². The first-order chi connectivity index (χ1) is 14.3. The lowest BCUT2D eigenvalue weighted by molar-refractivity contribution is -0.129. The number of piperidine rings is 1. The molecule has 2 fully saturated rings. The second kappa shape index (κ2) is 8.36. The second-order valence-corrected chi connectivity index (χ2v) is 8.67. The molecule has 156 valence electrons. The van der Waals surface area contributed by atoms with Crippen LogP contribution in [0.3, 0.4) is 0 Å². The predicted molar refractivity (Wildman–Crippen MR) is 111 cm³/mol. The Kier molecular flexibility index (Phi) is 5.46. The molecule has 0 spiro atoms. The van der Waals surface area contributed by atoms with E-state index < -0.39 is 0 Å². The lowest BCUT2D eigenvalue weighted by Gasteiger charge is -2.43. The largest absolute Gasteiger partial charge is 0.454 e. The van der Waals surface area contributed by atoms with Crippen LogP contribution in [0.1, 0.15) is 37.7 Å². The van der Waals surface area contributed by atoms with Crippen LogP contribution in [0, 0.1) is 0 Å². The van der Waals surface area contributed by atoms with Gasteiger partial charge in [-0.3, -0.25) is 14.6 Å². The molecule has 3 aliphatic heterocycles. The number of rotatable bonds is 4. The van der Waals surface area contributed by atoms with E-state index in [1.165, 1.54) is 12.0 Å². The minimum absolute atomic E-state index is 0.300. The number of likely N-dealkylation sites (tertiary alicyclic amines) is 1. The molecular weight excluding hydrogens is 366 g/mol. The lowest BCUT2D eigenvalue weighted by atomic mass is 10.0. The average molecular weight is 398 g/mol. The highest BCUT2D eigenvalue weighted by molar-refractivity contribution is 5.93. The molecule has 5 rings (SSSR count). The molecule has 6 heteroatoms. The van der Waals surface area contributed by atoms with Gasteiger partial charge in [-0.05, 0) is 49.8 Å². The molecule has 1 atom stereocenters. The van der Waals surface area contributed by atoms with Crippen molar-refractivity contribution in [2.75, 3.05) is 46.1 Å². The molecule has 2 saturated heterocycles. The summed E-state index contributed by atoms with van der Waals surface area (Å²) in [7, 11) is 0. The van der Waals surface area contributed by atoms with Crippen LogP contribution in [0.25, 0.3) is 0 Å². The van der Waals surface area contributed by atoms with Crippen molar-refractivity contribution in [2.45, 2.75) is 44.7 Å². The van der Waals surface area contributed by atoms with Crippen LogP contribution in [0.15, 0.2) is 29.8 Å². The van der Waals surface area contributed by atoms with Gasteiger partial charge in [-0.2, -0.15) is 0 Å². The molecule has 3 heterocycles. The summed E-state index contributed by atoms with van der Waals surface area (Å²) in [6.07, 6.45) is 7.68. The maximum Gasteiger partial charge on any atom is 0.249 e. The van der Waals surface area contributed by atoms with Crippen molar-refractivity contribution in [1.82, 2.24) is 14.7 Å². The molecule has 1 aliphatic carbocycles. The SMILES string of the molecule is O=C(C1=CCCC1)N1CCC[C@@H](N2CCN(Cc3ccc4c(c3)OCO4)CC2)C1. The monoisotopic (exact) mass is 397 g/mol. The van der Waals surface area contributed by atoms with Crippen LogP contribution in [-0.2, 0) is 11.3 Å². The topological polar surface area (TPSA) is 45.3 Å². The van der Waals surface area contributed by atoms with Crippen molar-refractivity contribution < 1.29 is 14.3 Å². The maximum atomic E-state index is 12.8. The van der Waals surface area contributed by atoms with Crippen molar-refractivity contribution in [2.24, 2.45) is 0 Å². The summed E-state index contributed by atoms with van der Waals surface area (Å²) < 4.78 is 10.9. The van der Waals surface area contributed by atoms with Gasteiger partial charge in [0.1, 0.15) is 0 Å². The van der Waals surface area contributed by atoms with Gasteiger partial charge in [-0.15, -0.1) is 0 Å². The zero-order chi connectivity index (χ0) is 19.6. The summed E-state index contributed by atoms with van der Waals surface area (Å²) in [6.45, 7) is 7.42. The van der Waals surface area contributed by atoms with Gasteiger partial charge in [0.05, 0.1) is 0 Å². The van der Waals surface area contributed by atoms with E-state index in [1.807, 2.05) is 6.07 Å². The van der Waals surface area contributed by atoms with Gasteiger partial charge < -0.3 is 14.4 Å². The molecule has 0 saturated carbocycles. The summed E-state index contributed by atoms with van der Waals surface area (Å²) in [4.78, 5) is 20.0. The highest BCUT2D eigenvalue weighted by atomic mass is 16.7. The fraction of sp³-hybridized carbons (Fsp3) is 0.609. The van der Waals surface area contributed by atoms with E-state index >= 15 is 0 Å². The van der Waals surface area contributed by atoms with Gasteiger partial charge in [0.2, 0.25) is 12.7 Å². The summed E-state index contributed by atoms with van der Waals surface area (Å²) >= 11 is 0. The standard InChI is InChI=1S/C23H31N3O3/c27-23(19-4-1-2-5-19)26-9-3-6-20(16-26)25-12-10-24(11-13-25)15-18-7-8-21-22(14-18)29-17-28-21/h4,7-8,14,20H,1-3,5-6,9-13,15-17H2/t20-/m1/s1. The van der Waals surface area contributed by atoms with Crippen LogP contribution in [0.5, 0.6) is 11.5 Å². The highest BCUT2D eigenvalue weighted by Gasteiger charge is 2.31. The Hall–Kier alpha value is -2.05. The average Bonchev–Trinajstić information content (AvgIpc) is 3.46. The zero-order valence-corrected chi connectivity index (χ0v) is 17.1. The van der Waals surface area contributed by atoms with Crippen molar-refractivity contribution in [3.63, 3.8) is 0 Å².